The first-order valence-corrected chi connectivity index (χ1v) is 8.10. The van der Waals surface area contributed by atoms with E-state index in [1.165, 1.54) is 44.4 Å². The molecule has 1 N–H and O–H groups in total. The molecule has 1 heterocycles. The van der Waals surface area contributed by atoms with Crippen molar-refractivity contribution in [1.29, 1.82) is 0 Å². The van der Waals surface area contributed by atoms with Gasteiger partial charge in [-0.25, -0.2) is 4.39 Å². The van der Waals surface area contributed by atoms with E-state index in [9.17, 15) is 4.39 Å². The Morgan fingerprint density at radius 2 is 2.05 bits per heavy atom. The van der Waals surface area contributed by atoms with Crippen molar-refractivity contribution in [3.63, 3.8) is 0 Å². The van der Waals surface area contributed by atoms with Crippen LogP contribution in [0.4, 0.5) is 4.39 Å². The van der Waals surface area contributed by atoms with Crippen LogP contribution in [-0.4, -0.2) is 36.6 Å². The fourth-order valence-electron chi connectivity index (χ4n) is 3.53. The highest BCUT2D eigenvalue weighted by molar-refractivity contribution is 5.11. The van der Waals surface area contributed by atoms with Crippen LogP contribution in [0.2, 0.25) is 0 Å². The number of nitrogens with one attached hydrogen (secondary N) is 1. The molecule has 118 valence electrons. The van der Waals surface area contributed by atoms with Crippen molar-refractivity contribution >= 4 is 0 Å². The maximum Gasteiger partial charge on any atom is 0.141 e. The first kappa shape index (κ1) is 16.4. The molecular weight excluding hydrogens is 265 g/mol. The van der Waals surface area contributed by atoms with Crippen LogP contribution in [0, 0.1) is 11.7 Å². The number of hydrogen-bond acceptors (Lipinski definition) is 3. The highest BCUT2D eigenvalue weighted by atomic mass is 19.1. The minimum Gasteiger partial charge on any atom is -0.311 e. The second-order valence-electron chi connectivity index (χ2n) is 6.38. The van der Waals surface area contributed by atoms with Crippen LogP contribution in [0.25, 0.3) is 0 Å². The van der Waals surface area contributed by atoms with Gasteiger partial charge in [-0.05, 0) is 45.0 Å². The van der Waals surface area contributed by atoms with Gasteiger partial charge in [0.05, 0.1) is 17.9 Å². The smallest absolute Gasteiger partial charge is 0.141 e. The molecule has 1 saturated carbocycles. The minimum absolute atomic E-state index is 0.164. The molecule has 0 spiro atoms. The summed E-state index contributed by atoms with van der Waals surface area (Å²) >= 11 is 0. The fourth-order valence-corrected chi connectivity index (χ4v) is 3.53. The molecule has 1 aliphatic carbocycles. The van der Waals surface area contributed by atoms with E-state index in [0.717, 1.165) is 18.3 Å². The summed E-state index contributed by atoms with van der Waals surface area (Å²) < 4.78 is 13.0. The number of halogens is 1. The fraction of sp³-hybridized carbons (Fsp3) is 0.706. The lowest BCUT2D eigenvalue weighted by Gasteiger charge is -2.35. The molecule has 1 aliphatic rings. The topological polar surface area (TPSA) is 28.2 Å². The van der Waals surface area contributed by atoms with Crippen LogP contribution in [0.15, 0.2) is 18.3 Å². The van der Waals surface area contributed by atoms with E-state index < -0.39 is 0 Å². The van der Waals surface area contributed by atoms with Crippen molar-refractivity contribution in [2.24, 2.45) is 5.92 Å². The Bertz CT molecular complexity index is 415. The number of rotatable bonds is 6. The SMILES string of the molecule is CNC(c1ccc(F)cn1)C(C)CN(C)C1CCCCC1. The molecule has 1 fully saturated rings. The third kappa shape index (κ3) is 4.48. The largest absolute Gasteiger partial charge is 0.311 e. The highest BCUT2D eigenvalue weighted by Gasteiger charge is 2.24. The molecule has 0 aromatic carbocycles. The second kappa shape index (κ2) is 7.85. The summed E-state index contributed by atoms with van der Waals surface area (Å²) in [5.74, 6) is 0.153. The van der Waals surface area contributed by atoms with E-state index in [1.54, 1.807) is 6.07 Å². The molecular formula is C17H28FN3. The molecule has 2 atom stereocenters. The first-order chi connectivity index (χ1) is 10.1. The lowest BCUT2D eigenvalue weighted by molar-refractivity contribution is 0.157. The molecule has 4 heteroatoms. The Balaban J connectivity index is 1.95. The molecule has 0 bridgehead atoms. The minimum atomic E-state index is -0.277. The van der Waals surface area contributed by atoms with E-state index in [4.69, 9.17) is 0 Å². The molecule has 1 aromatic rings. The van der Waals surface area contributed by atoms with Gasteiger partial charge < -0.3 is 10.2 Å². The molecule has 21 heavy (non-hydrogen) atoms. The molecule has 2 rings (SSSR count). The average Bonchev–Trinajstić information content (AvgIpc) is 2.50. The van der Waals surface area contributed by atoms with Crippen molar-refractivity contribution in [3.05, 3.63) is 29.8 Å². The molecule has 0 amide bonds. The maximum atomic E-state index is 13.0. The van der Waals surface area contributed by atoms with Crippen LogP contribution < -0.4 is 5.32 Å². The highest BCUT2D eigenvalue weighted by Crippen LogP contribution is 2.25. The van der Waals surface area contributed by atoms with Gasteiger partial charge in [0.25, 0.3) is 0 Å². The summed E-state index contributed by atoms with van der Waals surface area (Å²) in [6, 6.07) is 4.16. The van der Waals surface area contributed by atoms with E-state index in [-0.39, 0.29) is 11.9 Å². The van der Waals surface area contributed by atoms with Crippen molar-refractivity contribution in [3.8, 4) is 0 Å². The quantitative estimate of drug-likeness (QED) is 0.871. The number of aromatic nitrogens is 1. The van der Waals surface area contributed by atoms with Crippen LogP contribution in [0.1, 0.15) is 50.8 Å². The Morgan fingerprint density at radius 1 is 1.33 bits per heavy atom. The van der Waals surface area contributed by atoms with Crippen LogP contribution in [0.5, 0.6) is 0 Å². The Morgan fingerprint density at radius 3 is 2.62 bits per heavy atom. The normalized spacial score (nSPS) is 19.7. The summed E-state index contributed by atoms with van der Waals surface area (Å²) in [5.41, 5.74) is 0.920. The van der Waals surface area contributed by atoms with Crippen LogP contribution in [0.3, 0.4) is 0 Å². The van der Waals surface area contributed by atoms with E-state index in [2.05, 4.69) is 29.2 Å². The average molecular weight is 293 g/mol. The number of nitrogens with zero attached hydrogens (tertiary/aromatic N) is 2. The standard InChI is InChI=1S/C17H28FN3/c1-13(12-21(3)15-7-5-4-6-8-15)17(19-2)16-10-9-14(18)11-20-16/h9-11,13,15,17,19H,4-8,12H2,1-3H3. The van der Waals surface area contributed by atoms with Gasteiger partial charge in [-0.2, -0.15) is 0 Å². The van der Waals surface area contributed by atoms with Gasteiger partial charge in [0.15, 0.2) is 0 Å². The van der Waals surface area contributed by atoms with E-state index >= 15 is 0 Å². The predicted octanol–water partition coefficient (Wildman–Crippen LogP) is 3.38. The lowest BCUT2D eigenvalue weighted by Crippen LogP contribution is -2.39. The zero-order valence-electron chi connectivity index (χ0n) is 13.5. The first-order valence-electron chi connectivity index (χ1n) is 8.10. The van der Waals surface area contributed by atoms with Crippen LogP contribution in [-0.2, 0) is 0 Å². The van der Waals surface area contributed by atoms with Gasteiger partial charge in [0, 0.05) is 12.6 Å². The molecule has 2 unspecified atom stereocenters. The van der Waals surface area contributed by atoms with Gasteiger partial charge in [-0.1, -0.05) is 26.2 Å². The Kier molecular flexibility index (Phi) is 6.12. The Hall–Kier alpha value is -1.00. The summed E-state index contributed by atoms with van der Waals surface area (Å²) in [6.07, 6.45) is 8.05. The second-order valence-corrected chi connectivity index (χ2v) is 6.38. The third-order valence-corrected chi connectivity index (χ3v) is 4.72. The summed E-state index contributed by atoms with van der Waals surface area (Å²) in [7, 11) is 4.18. The van der Waals surface area contributed by atoms with Crippen LogP contribution >= 0.6 is 0 Å². The molecule has 3 nitrogen and oxygen atoms in total. The molecule has 0 radical (unpaired) electrons. The van der Waals surface area contributed by atoms with Gasteiger partial charge >= 0.3 is 0 Å². The lowest BCUT2D eigenvalue weighted by atomic mass is 9.92. The van der Waals surface area contributed by atoms with E-state index in [0.29, 0.717) is 5.92 Å². The summed E-state index contributed by atoms with van der Waals surface area (Å²) in [4.78, 5) is 6.73. The third-order valence-electron chi connectivity index (χ3n) is 4.72. The van der Waals surface area contributed by atoms with Crippen molar-refractivity contribution in [2.75, 3.05) is 20.6 Å². The Labute approximate surface area is 127 Å². The zero-order valence-corrected chi connectivity index (χ0v) is 13.5. The number of pyridine rings is 1. The van der Waals surface area contributed by atoms with Gasteiger partial charge in [0.2, 0.25) is 0 Å². The summed E-state index contributed by atoms with van der Waals surface area (Å²) in [5, 5.41) is 3.33. The maximum absolute atomic E-state index is 13.0. The van der Waals surface area contributed by atoms with Gasteiger partial charge in [0.1, 0.15) is 5.82 Å². The molecule has 0 saturated heterocycles. The monoisotopic (exact) mass is 293 g/mol. The number of hydrogen-bond donors (Lipinski definition) is 1. The van der Waals surface area contributed by atoms with Gasteiger partial charge in [-0.15, -0.1) is 0 Å². The van der Waals surface area contributed by atoms with Gasteiger partial charge in [-0.3, -0.25) is 4.98 Å². The zero-order chi connectivity index (χ0) is 15.2. The van der Waals surface area contributed by atoms with Crippen molar-refractivity contribution in [2.45, 2.75) is 51.1 Å². The van der Waals surface area contributed by atoms with Crippen molar-refractivity contribution < 1.29 is 4.39 Å². The molecule has 1 aromatic heterocycles. The van der Waals surface area contributed by atoms with Crippen molar-refractivity contribution in [1.82, 2.24) is 15.2 Å². The predicted molar refractivity (Wildman–Crippen MR) is 84.7 cm³/mol. The summed E-state index contributed by atoms with van der Waals surface area (Å²) in [6.45, 7) is 3.28. The van der Waals surface area contributed by atoms with E-state index in [1.807, 2.05) is 7.05 Å². The molecule has 0 aliphatic heterocycles.